The van der Waals surface area contributed by atoms with Crippen LogP contribution in [0.3, 0.4) is 0 Å². The first-order valence-corrected chi connectivity index (χ1v) is 11.6. The summed E-state index contributed by atoms with van der Waals surface area (Å²) < 4.78 is 12.1. The van der Waals surface area contributed by atoms with Gasteiger partial charge in [-0.1, -0.05) is 29.3 Å². The number of aromatic carboxylic acids is 1. The van der Waals surface area contributed by atoms with Gasteiger partial charge in [0.05, 0.1) is 21.7 Å². The number of carboxylic acids is 1. The third-order valence-electron chi connectivity index (χ3n) is 4.75. The number of hydrogen-bond acceptors (Lipinski definition) is 5. The number of rotatable bonds is 10. The molecule has 178 valence electrons. The molecule has 7 nitrogen and oxygen atoms in total. The molecule has 0 heterocycles. The van der Waals surface area contributed by atoms with E-state index in [0.29, 0.717) is 40.5 Å². The Bertz CT molecular complexity index is 1180. The van der Waals surface area contributed by atoms with Gasteiger partial charge in [0.1, 0.15) is 0 Å². The minimum Gasteiger partial charge on any atom is -0.490 e. The van der Waals surface area contributed by atoms with Gasteiger partial charge < -0.3 is 25.2 Å². The number of carboxylic acid groups (broad SMARTS) is 1. The monoisotopic (exact) mass is 546 g/mol. The van der Waals surface area contributed by atoms with E-state index in [-0.39, 0.29) is 23.1 Å². The second-order valence-corrected chi connectivity index (χ2v) is 8.66. The van der Waals surface area contributed by atoms with Crippen LogP contribution >= 0.6 is 27.5 Å². The molecule has 9 heteroatoms. The Morgan fingerprint density at radius 3 is 2.41 bits per heavy atom. The number of aryl methyl sites for hydroxylation is 1. The summed E-state index contributed by atoms with van der Waals surface area (Å²) >= 11 is 9.43. The van der Waals surface area contributed by atoms with Crippen LogP contribution in [0.5, 0.6) is 11.5 Å². The van der Waals surface area contributed by atoms with Gasteiger partial charge in [0.25, 0.3) is 5.91 Å². The molecule has 0 aliphatic heterocycles. The Kier molecular flexibility index (Phi) is 8.79. The Balaban J connectivity index is 1.68. The average Bonchev–Trinajstić information content (AvgIpc) is 2.79. The van der Waals surface area contributed by atoms with Crippen LogP contribution < -0.4 is 20.1 Å². The van der Waals surface area contributed by atoms with Gasteiger partial charge in [-0.15, -0.1) is 0 Å². The molecule has 3 rings (SSSR count). The number of benzene rings is 3. The summed E-state index contributed by atoms with van der Waals surface area (Å²) in [7, 11) is 0. The van der Waals surface area contributed by atoms with Gasteiger partial charge in [-0.2, -0.15) is 0 Å². The summed E-state index contributed by atoms with van der Waals surface area (Å²) in [5, 5.41) is 15.4. The lowest BCUT2D eigenvalue weighted by atomic mass is 10.1. The number of amides is 1. The molecule has 34 heavy (non-hydrogen) atoms. The zero-order valence-corrected chi connectivity index (χ0v) is 21.0. The van der Waals surface area contributed by atoms with Crippen molar-refractivity contribution >= 4 is 50.8 Å². The second-order valence-electron chi connectivity index (χ2n) is 7.39. The van der Waals surface area contributed by atoms with Gasteiger partial charge in [-0.3, -0.25) is 4.79 Å². The Labute approximate surface area is 211 Å². The quantitative estimate of drug-likeness (QED) is 0.282. The van der Waals surface area contributed by atoms with Crippen LogP contribution in [0.4, 0.5) is 11.4 Å². The van der Waals surface area contributed by atoms with Gasteiger partial charge in [-0.05, 0) is 77.8 Å². The molecule has 0 aliphatic rings. The van der Waals surface area contributed by atoms with Gasteiger partial charge in [0, 0.05) is 17.9 Å². The molecule has 0 saturated heterocycles. The summed E-state index contributed by atoms with van der Waals surface area (Å²) in [6.07, 6.45) is 0. The van der Waals surface area contributed by atoms with Crippen LogP contribution in [-0.4, -0.2) is 30.2 Å². The molecule has 0 aromatic heterocycles. The van der Waals surface area contributed by atoms with E-state index in [9.17, 15) is 14.7 Å². The summed E-state index contributed by atoms with van der Waals surface area (Å²) in [6.45, 7) is 4.45. The molecule has 0 atom stereocenters. The number of ether oxygens (including phenoxy) is 2. The Morgan fingerprint density at radius 2 is 1.74 bits per heavy atom. The fraction of sp³-hybridized carbons (Fsp3) is 0.200. The molecule has 0 fully saturated rings. The molecule has 0 bridgehead atoms. The Hall–Kier alpha value is -3.23. The van der Waals surface area contributed by atoms with Crippen molar-refractivity contribution in [2.45, 2.75) is 20.4 Å². The largest absolute Gasteiger partial charge is 0.490 e. The fourth-order valence-corrected chi connectivity index (χ4v) is 3.90. The van der Waals surface area contributed by atoms with E-state index in [1.807, 2.05) is 50.2 Å². The molecule has 0 radical (unpaired) electrons. The molecule has 3 aromatic rings. The lowest BCUT2D eigenvalue weighted by molar-refractivity contribution is -0.118. The minimum absolute atomic E-state index is 0.0236. The summed E-state index contributed by atoms with van der Waals surface area (Å²) in [5.74, 6) is -0.479. The maximum Gasteiger partial charge on any atom is 0.337 e. The predicted molar refractivity (Wildman–Crippen MR) is 136 cm³/mol. The molecule has 0 aliphatic carbocycles. The van der Waals surface area contributed by atoms with Crippen LogP contribution in [0.1, 0.15) is 28.4 Å². The van der Waals surface area contributed by atoms with Crippen molar-refractivity contribution in [3.05, 3.63) is 80.8 Å². The SMILES string of the molecule is CCOc1cc(CNc2ccc(Cl)c(C(=O)O)c2)cc(Br)c1OCC(=O)Nc1ccc(C)cc1. The van der Waals surface area contributed by atoms with Crippen LogP contribution in [0, 0.1) is 6.92 Å². The molecule has 0 unspecified atom stereocenters. The highest BCUT2D eigenvalue weighted by atomic mass is 79.9. The van der Waals surface area contributed by atoms with E-state index in [1.54, 1.807) is 6.07 Å². The highest BCUT2D eigenvalue weighted by molar-refractivity contribution is 9.10. The van der Waals surface area contributed by atoms with Crippen molar-refractivity contribution in [3.63, 3.8) is 0 Å². The molecule has 0 spiro atoms. The van der Waals surface area contributed by atoms with Crippen molar-refractivity contribution in [3.8, 4) is 11.5 Å². The summed E-state index contributed by atoms with van der Waals surface area (Å²) in [4.78, 5) is 23.6. The van der Waals surface area contributed by atoms with Crippen molar-refractivity contribution in [2.75, 3.05) is 23.8 Å². The molecule has 1 amide bonds. The van der Waals surface area contributed by atoms with E-state index in [0.717, 1.165) is 11.1 Å². The normalized spacial score (nSPS) is 10.5. The van der Waals surface area contributed by atoms with Crippen LogP contribution in [0.2, 0.25) is 5.02 Å². The first kappa shape index (κ1) is 25.4. The van der Waals surface area contributed by atoms with Crippen LogP contribution in [0.15, 0.2) is 59.1 Å². The summed E-state index contributed by atoms with van der Waals surface area (Å²) in [5.41, 5.74) is 3.29. The lowest BCUT2D eigenvalue weighted by Gasteiger charge is -2.16. The third kappa shape index (κ3) is 6.88. The standard InChI is InChI=1S/C25H24BrClN2O5/c1-3-33-22-11-16(13-28-18-8-9-21(27)19(12-18)25(31)32)10-20(26)24(22)34-14-23(30)29-17-6-4-15(2)5-7-17/h4-12,28H,3,13-14H2,1-2H3,(H,29,30)(H,31,32). The number of carbonyl (C=O) groups excluding carboxylic acids is 1. The number of carbonyl (C=O) groups is 2. The van der Waals surface area contributed by atoms with E-state index in [4.69, 9.17) is 21.1 Å². The number of halogens is 2. The molecule has 3 N–H and O–H groups in total. The van der Waals surface area contributed by atoms with E-state index >= 15 is 0 Å². The van der Waals surface area contributed by atoms with Gasteiger partial charge in [0.15, 0.2) is 18.1 Å². The zero-order valence-electron chi connectivity index (χ0n) is 18.7. The van der Waals surface area contributed by atoms with Crippen molar-refractivity contribution in [1.82, 2.24) is 0 Å². The minimum atomic E-state index is -1.09. The van der Waals surface area contributed by atoms with Gasteiger partial charge >= 0.3 is 5.97 Å². The summed E-state index contributed by atoms with van der Waals surface area (Å²) in [6, 6.07) is 15.9. The maximum absolute atomic E-state index is 12.3. The number of hydrogen-bond donors (Lipinski definition) is 3. The second kappa shape index (κ2) is 11.8. The number of nitrogens with one attached hydrogen (secondary N) is 2. The zero-order chi connectivity index (χ0) is 24.7. The first-order chi connectivity index (χ1) is 16.3. The van der Waals surface area contributed by atoms with Gasteiger partial charge in [0.2, 0.25) is 0 Å². The van der Waals surface area contributed by atoms with Gasteiger partial charge in [-0.25, -0.2) is 4.79 Å². The van der Waals surface area contributed by atoms with Crippen molar-refractivity contribution < 1.29 is 24.2 Å². The molecule has 3 aromatic carbocycles. The molecular weight excluding hydrogens is 524 g/mol. The number of anilines is 2. The smallest absolute Gasteiger partial charge is 0.337 e. The van der Waals surface area contributed by atoms with E-state index < -0.39 is 5.97 Å². The molecule has 0 saturated carbocycles. The topological polar surface area (TPSA) is 96.9 Å². The Morgan fingerprint density at radius 1 is 1.03 bits per heavy atom. The highest BCUT2D eigenvalue weighted by Crippen LogP contribution is 2.37. The van der Waals surface area contributed by atoms with Crippen LogP contribution in [0.25, 0.3) is 0 Å². The van der Waals surface area contributed by atoms with Crippen molar-refractivity contribution in [2.24, 2.45) is 0 Å². The van der Waals surface area contributed by atoms with E-state index in [1.165, 1.54) is 12.1 Å². The predicted octanol–water partition coefficient (Wildman–Crippen LogP) is 6.14. The third-order valence-corrected chi connectivity index (χ3v) is 5.66. The highest BCUT2D eigenvalue weighted by Gasteiger charge is 2.15. The average molecular weight is 548 g/mol. The maximum atomic E-state index is 12.3. The first-order valence-electron chi connectivity index (χ1n) is 10.5. The fourth-order valence-electron chi connectivity index (χ4n) is 3.10. The molecular formula is C25H24BrClN2O5. The van der Waals surface area contributed by atoms with Crippen LogP contribution in [-0.2, 0) is 11.3 Å². The lowest BCUT2D eigenvalue weighted by Crippen LogP contribution is -2.20. The van der Waals surface area contributed by atoms with E-state index in [2.05, 4.69) is 26.6 Å². The van der Waals surface area contributed by atoms with Crippen molar-refractivity contribution in [1.29, 1.82) is 0 Å².